The summed E-state index contributed by atoms with van der Waals surface area (Å²) in [5, 5.41) is 0. The molecule has 0 aliphatic heterocycles. The van der Waals surface area contributed by atoms with Crippen molar-refractivity contribution < 1.29 is 21.6 Å². The maximum absolute atomic E-state index is 11.9. The molecule has 98 valence electrons. The summed E-state index contributed by atoms with van der Waals surface area (Å²) < 4.78 is 60.9. The molecule has 0 saturated carbocycles. The van der Waals surface area contributed by atoms with Crippen LogP contribution in [0.15, 0.2) is 0 Å². The van der Waals surface area contributed by atoms with Crippen LogP contribution in [0.3, 0.4) is 0 Å². The van der Waals surface area contributed by atoms with Gasteiger partial charge in [0.25, 0.3) is 10.2 Å². The molecule has 0 aromatic carbocycles. The van der Waals surface area contributed by atoms with Crippen LogP contribution in [0, 0.1) is 0 Å². The van der Waals surface area contributed by atoms with Gasteiger partial charge >= 0.3 is 6.18 Å². The Morgan fingerprint density at radius 2 is 1.88 bits per heavy atom. The first-order valence-electron chi connectivity index (χ1n) is 4.63. The van der Waals surface area contributed by atoms with Crippen molar-refractivity contribution >= 4 is 10.2 Å². The predicted octanol–water partition coefficient (Wildman–Crippen LogP) is 0.0522. The van der Waals surface area contributed by atoms with Gasteiger partial charge in [-0.05, 0) is 13.8 Å². The lowest BCUT2D eigenvalue weighted by Crippen LogP contribution is -2.48. The topological polar surface area (TPSA) is 75.4 Å². The Morgan fingerprint density at radius 1 is 1.38 bits per heavy atom. The first-order valence-corrected chi connectivity index (χ1v) is 6.07. The van der Waals surface area contributed by atoms with Gasteiger partial charge in [-0.3, -0.25) is 0 Å². The van der Waals surface area contributed by atoms with Crippen molar-refractivity contribution in [2.75, 3.05) is 19.6 Å². The molecule has 0 rings (SSSR count). The second-order valence-electron chi connectivity index (χ2n) is 3.43. The lowest BCUT2D eigenvalue weighted by atomic mass is 10.4. The molecule has 9 heteroatoms. The number of nitrogens with zero attached hydrogens (tertiary/aromatic N) is 1. The zero-order valence-corrected chi connectivity index (χ0v) is 9.90. The van der Waals surface area contributed by atoms with Crippen LogP contribution in [-0.2, 0) is 10.2 Å². The Bertz CT molecular complexity index is 302. The van der Waals surface area contributed by atoms with Crippen LogP contribution < -0.4 is 10.5 Å². The largest absolute Gasteiger partial charge is 0.402 e. The minimum atomic E-state index is -4.57. The highest BCUT2D eigenvalue weighted by atomic mass is 32.2. The number of hydrogen-bond donors (Lipinski definition) is 2. The molecule has 0 aliphatic rings. The van der Waals surface area contributed by atoms with Crippen molar-refractivity contribution in [1.82, 2.24) is 9.03 Å². The smallest absolute Gasteiger partial charge is 0.329 e. The van der Waals surface area contributed by atoms with E-state index in [-0.39, 0.29) is 13.1 Å². The average molecular weight is 263 g/mol. The molecule has 0 radical (unpaired) electrons. The van der Waals surface area contributed by atoms with Gasteiger partial charge in [-0.1, -0.05) is 0 Å². The van der Waals surface area contributed by atoms with E-state index in [2.05, 4.69) is 0 Å². The third kappa shape index (κ3) is 5.64. The maximum Gasteiger partial charge on any atom is 0.402 e. The molecular weight excluding hydrogens is 247 g/mol. The minimum Gasteiger partial charge on any atom is -0.329 e. The summed E-state index contributed by atoms with van der Waals surface area (Å²) in [5.74, 6) is 0. The van der Waals surface area contributed by atoms with Gasteiger partial charge in [0.2, 0.25) is 0 Å². The summed E-state index contributed by atoms with van der Waals surface area (Å²) in [6, 6.07) is -0.450. The Kier molecular flexibility index (Phi) is 5.66. The number of hydrogen-bond acceptors (Lipinski definition) is 3. The molecule has 0 fully saturated rings. The van der Waals surface area contributed by atoms with Crippen molar-refractivity contribution in [2.45, 2.75) is 26.1 Å². The van der Waals surface area contributed by atoms with Crippen LogP contribution >= 0.6 is 0 Å². The molecule has 0 unspecified atom stereocenters. The lowest BCUT2D eigenvalue weighted by Gasteiger charge is -2.25. The monoisotopic (exact) mass is 263 g/mol. The van der Waals surface area contributed by atoms with Crippen molar-refractivity contribution in [3.63, 3.8) is 0 Å². The highest BCUT2D eigenvalue weighted by Gasteiger charge is 2.32. The maximum atomic E-state index is 11.9. The van der Waals surface area contributed by atoms with Gasteiger partial charge in [0.05, 0.1) is 0 Å². The summed E-state index contributed by atoms with van der Waals surface area (Å²) in [6.07, 6.45) is -4.57. The van der Waals surface area contributed by atoms with Crippen LogP contribution in [0.5, 0.6) is 0 Å². The molecule has 0 amide bonds. The second kappa shape index (κ2) is 5.80. The molecule has 0 saturated heterocycles. The highest BCUT2D eigenvalue weighted by Crippen LogP contribution is 2.14. The van der Waals surface area contributed by atoms with Crippen molar-refractivity contribution in [1.29, 1.82) is 0 Å². The summed E-state index contributed by atoms with van der Waals surface area (Å²) in [4.78, 5) is 0. The van der Waals surface area contributed by atoms with E-state index in [0.29, 0.717) is 0 Å². The van der Waals surface area contributed by atoms with E-state index in [1.165, 1.54) is 4.72 Å². The minimum absolute atomic E-state index is 0.0230. The molecule has 0 aromatic heterocycles. The number of alkyl halides is 3. The normalized spacial score (nSPS) is 13.8. The van der Waals surface area contributed by atoms with Gasteiger partial charge in [0, 0.05) is 19.1 Å². The van der Waals surface area contributed by atoms with E-state index in [1.807, 2.05) is 0 Å². The van der Waals surface area contributed by atoms with Crippen LogP contribution in [-0.4, -0.2) is 44.6 Å². The van der Waals surface area contributed by atoms with E-state index in [1.54, 1.807) is 13.8 Å². The van der Waals surface area contributed by atoms with E-state index in [4.69, 9.17) is 5.73 Å². The van der Waals surface area contributed by atoms with E-state index < -0.39 is 29.0 Å². The third-order valence-corrected chi connectivity index (χ3v) is 3.42. The number of nitrogens with two attached hydrogens (primary N) is 1. The zero-order chi connectivity index (χ0) is 13.0. The third-order valence-electron chi connectivity index (χ3n) is 1.69. The summed E-state index contributed by atoms with van der Waals surface area (Å²) in [5.41, 5.74) is 5.19. The van der Waals surface area contributed by atoms with Crippen LogP contribution in [0.2, 0.25) is 0 Å². The molecule has 0 aromatic rings. The molecule has 0 bridgehead atoms. The summed E-state index contributed by atoms with van der Waals surface area (Å²) in [7, 11) is -4.13. The van der Waals surface area contributed by atoms with Gasteiger partial charge in [-0.25, -0.2) is 0 Å². The Balaban J connectivity index is 4.61. The standard InChI is InChI=1S/C7H16F3N3O2S/c1-6(2)13(4-3-11)16(14,15)12-5-7(8,9)10/h6,12H,3-5,11H2,1-2H3. The molecule has 0 spiro atoms. The Morgan fingerprint density at radius 3 is 2.19 bits per heavy atom. The highest BCUT2D eigenvalue weighted by molar-refractivity contribution is 7.87. The SMILES string of the molecule is CC(C)N(CCN)S(=O)(=O)NCC(F)(F)F. The number of halogens is 3. The summed E-state index contributed by atoms with van der Waals surface area (Å²) >= 11 is 0. The van der Waals surface area contributed by atoms with E-state index in [9.17, 15) is 21.6 Å². The van der Waals surface area contributed by atoms with Gasteiger partial charge in [0.1, 0.15) is 6.54 Å². The van der Waals surface area contributed by atoms with Crippen LogP contribution in [0.1, 0.15) is 13.8 Å². The molecule has 0 heterocycles. The molecule has 5 nitrogen and oxygen atoms in total. The second-order valence-corrected chi connectivity index (χ2v) is 5.14. The quantitative estimate of drug-likeness (QED) is 0.711. The molecule has 0 atom stereocenters. The van der Waals surface area contributed by atoms with E-state index >= 15 is 0 Å². The van der Waals surface area contributed by atoms with E-state index in [0.717, 1.165) is 4.31 Å². The molecular formula is C7H16F3N3O2S. The van der Waals surface area contributed by atoms with Gasteiger partial charge in [0.15, 0.2) is 0 Å². The summed E-state index contributed by atoms with van der Waals surface area (Å²) in [6.45, 7) is 1.56. The van der Waals surface area contributed by atoms with Crippen molar-refractivity contribution in [3.8, 4) is 0 Å². The fraction of sp³-hybridized carbons (Fsp3) is 1.00. The van der Waals surface area contributed by atoms with Crippen molar-refractivity contribution in [3.05, 3.63) is 0 Å². The van der Waals surface area contributed by atoms with Gasteiger partial charge in [-0.2, -0.15) is 30.6 Å². The molecule has 16 heavy (non-hydrogen) atoms. The Hall–Kier alpha value is -0.380. The lowest BCUT2D eigenvalue weighted by molar-refractivity contribution is -0.121. The zero-order valence-electron chi connectivity index (χ0n) is 9.08. The van der Waals surface area contributed by atoms with Crippen LogP contribution in [0.4, 0.5) is 13.2 Å². The van der Waals surface area contributed by atoms with Gasteiger partial charge in [-0.15, -0.1) is 0 Å². The fourth-order valence-electron chi connectivity index (χ4n) is 1.04. The van der Waals surface area contributed by atoms with Gasteiger partial charge < -0.3 is 5.73 Å². The van der Waals surface area contributed by atoms with Crippen molar-refractivity contribution in [2.24, 2.45) is 5.73 Å². The fourth-order valence-corrected chi connectivity index (χ4v) is 2.45. The first kappa shape index (κ1) is 15.6. The first-order chi connectivity index (χ1) is 7.10. The number of nitrogens with one attached hydrogen (secondary N) is 1. The Labute approximate surface area is 93.0 Å². The van der Waals surface area contributed by atoms with Crippen LogP contribution in [0.25, 0.3) is 0 Å². The predicted molar refractivity (Wildman–Crippen MR) is 53.9 cm³/mol. The average Bonchev–Trinajstić information content (AvgIpc) is 2.09. The molecule has 0 aliphatic carbocycles. The number of rotatable bonds is 6. The molecule has 3 N–H and O–H groups in total.